The molecule has 1 aromatic rings. The molecule has 4 nitrogen and oxygen atoms in total. The van der Waals surface area contributed by atoms with Gasteiger partial charge >= 0.3 is 0 Å². The SMILES string of the molecule is CCCn1ncc(CN2CCC[C@H](N(C)C)CC2)c1C. The molecular weight excluding hydrogens is 248 g/mol. The molecule has 2 heterocycles. The van der Waals surface area contributed by atoms with Gasteiger partial charge in [0.15, 0.2) is 0 Å². The van der Waals surface area contributed by atoms with Crippen molar-refractivity contribution in [3.8, 4) is 0 Å². The Morgan fingerprint density at radius 3 is 2.80 bits per heavy atom. The minimum atomic E-state index is 0.754. The quantitative estimate of drug-likeness (QED) is 0.827. The van der Waals surface area contributed by atoms with E-state index in [1.807, 2.05) is 0 Å². The molecule has 0 bridgehead atoms. The van der Waals surface area contributed by atoms with Crippen LogP contribution in [0.5, 0.6) is 0 Å². The second-order valence-electron chi connectivity index (χ2n) is 6.30. The average Bonchev–Trinajstić information content (AvgIpc) is 2.65. The lowest BCUT2D eigenvalue weighted by molar-refractivity contribution is 0.245. The molecule has 0 saturated carbocycles. The minimum absolute atomic E-state index is 0.754. The van der Waals surface area contributed by atoms with Crippen LogP contribution in [0.4, 0.5) is 0 Å². The Bertz CT molecular complexity index is 411. The third-order valence-corrected chi connectivity index (χ3v) is 4.55. The van der Waals surface area contributed by atoms with E-state index >= 15 is 0 Å². The summed E-state index contributed by atoms with van der Waals surface area (Å²) in [6.45, 7) is 8.95. The van der Waals surface area contributed by atoms with Gasteiger partial charge in [0.2, 0.25) is 0 Å². The summed E-state index contributed by atoms with van der Waals surface area (Å²) in [5.41, 5.74) is 2.75. The molecule has 1 aromatic heterocycles. The molecule has 1 saturated heterocycles. The van der Waals surface area contributed by atoms with Crippen LogP contribution >= 0.6 is 0 Å². The van der Waals surface area contributed by atoms with Gasteiger partial charge in [0.05, 0.1) is 6.20 Å². The highest BCUT2D eigenvalue weighted by Gasteiger charge is 2.19. The average molecular weight is 278 g/mol. The Labute approximate surface area is 123 Å². The zero-order valence-electron chi connectivity index (χ0n) is 13.6. The molecular formula is C16H30N4. The summed E-state index contributed by atoms with van der Waals surface area (Å²) in [6, 6.07) is 0.754. The highest BCUT2D eigenvalue weighted by atomic mass is 15.3. The topological polar surface area (TPSA) is 24.3 Å². The molecule has 2 rings (SSSR count). The zero-order valence-corrected chi connectivity index (χ0v) is 13.6. The van der Waals surface area contributed by atoms with E-state index in [0.717, 1.165) is 25.6 Å². The fourth-order valence-electron chi connectivity index (χ4n) is 3.13. The molecule has 0 spiro atoms. The number of hydrogen-bond acceptors (Lipinski definition) is 3. The van der Waals surface area contributed by atoms with Crippen molar-refractivity contribution in [3.05, 3.63) is 17.5 Å². The van der Waals surface area contributed by atoms with Crippen molar-refractivity contribution >= 4 is 0 Å². The molecule has 114 valence electrons. The standard InChI is InChI=1S/C16H30N4/c1-5-9-20-14(2)15(12-17-20)13-19-10-6-7-16(8-11-19)18(3)4/h12,16H,5-11,13H2,1-4H3/t16-/m0/s1. The summed E-state index contributed by atoms with van der Waals surface area (Å²) in [7, 11) is 4.42. The maximum atomic E-state index is 4.52. The van der Waals surface area contributed by atoms with Gasteiger partial charge in [-0.1, -0.05) is 6.92 Å². The summed E-state index contributed by atoms with van der Waals surface area (Å²) in [5, 5.41) is 4.52. The number of aromatic nitrogens is 2. The van der Waals surface area contributed by atoms with E-state index in [1.165, 1.54) is 43.6 Å². The number of hydrogen-bond donors (Lipinski definition) is 0. The van der Waals surface area contributed by atoms with Gasteiger partial charge in [0.25, 0.3) is 0 Å². The van der Waals surface area contributed by atoms with Gasteiger partial charge in [-0.15, -0.1) is 0 Å². The van der Waals surface area contributed by atoms with Crippen molar-refractivity contribution in [2.45, 2.75) is 58.7 Å². The monoisotopic (exact) mass is 278 g/mol. The van der Waals surface area contributed by atoms with Crippen LogP contribution in [0, 0.1) is 6.92 Å². The van der Waals surface area contributed by atoms with E-state index in [2.05, 4.69) is 53.7 Å². The van der Waals surface area contributed by atoms with Crippen molar-refractivity contribution in [1.29, 1.82) is 0 Å². The Morgan fingerprint density at radius 1 is 1.30 bits per heavy atom. The summed E-state index contributed by atoms with van der Waals surface area (Å²) in [4.78, 5) is 4.98. The molecule has 0 aromatic carbocycles. The molecule has 0 radical (unpaired) electrons. The number of rotatable bonds is 5. The van der Waals surface area contributed by atoms with Crippen LogP contribution in [-0.4, -0.2) is 52.8 Å². The largest absolute Gasteiger partial charge is 0.306 e. The van der Waals surface area contributed by atoms with Gasteiger partial charge in [0.1, 0.15) is 0 Å². The predicted octanol–water partition coefficient (Wildman–Crippen LogP) is 2.52. The molecule has 1 aliphatic heterocycles. The van der Waals surface area contributed by atoms with E-state index in [9.17, 15) is 0 Å². The van der Waals surface area contributed by atoms with Crippen molar-refractivity contribution < 1.29 is 0 Å². The van der Waals surface area contributed by atoms with Crippen LogP contribution in [0.1, 0.15) is 43.9 Å². The second kappa shape index (κ2) is 7.23. The van der Waals surface area contributed by atoms with Crippen molar-refractivity contribution in [2.75, 3.05) is 27.2 Å². The molecule has 1 atom stereocenters. The summed E-state index contributed by atoms with van der Waals surface area (Å²) >= 11 is 0. The molecule has 4 heteroatoms. The van der Waals surface area contributed by atoms with Crippen LogP contribution in [-0.2, 0) is 13.1 Å². The van der Waals surface area contributed by atoms with Gasteiger partial charge in [-0.05, 0) is 59.8 Å². The van der Waals surface area contributed by atoms with E-state index in [1.54, 1.807) is 0 Å². The molecule has 20 heavy (non-hydrogen) atoms. The number of aryl methyl sites for hydroxylation is 1. The Balaban J connectivity index is 1.93. The van der Waals surface area contributed by atoms with Gasteiger partial charge in [-0.3, -0.25) is 9.58 Å². The van der Waals surface area contributed by atoms with E-state index < -0.39 is 0 Å². The van der Waals surface area contributed by atoms with Crippen molar-refractivity contribution in [2.24, 2.45) is 0 Å². The van der Waals surface area contributed by atoms with Gasteiger partial charge in [-0.2, -0.15) is 5.10 Å². The first kappa shape index (κ1) is 15.5. The van der Waals surface area contributed by atoms with Crippen LogP contribution in [0.3, 0.4) is 0 Å². The normalized spacial score (nSPS) is 21.4. The van der Waals surface area contributed by atoms with Crippen LogP contribution in [0.15, 0.2) is 6.20 Å². The molecule has 0 aliphatic carbocycles. The lowest BCUT2D eigenvalue weighted by Gasteiger charge is -2.23. The van der Waals surface area contributed by atoms with Crippen LogP contribution < -0.4 is 0 Å². The Hall–Kier alpha value is -0.870. The first-order valence-electron chi connectivity index (χ1n) is 8.02. The zero-order chi connectivity index (χ0) is 14.5. The maximum absolute atomic E-state index is 4.52. The maximum Gasteiger partial charge on any atom is 0.0537 e. The summed E-state index contributed by atoms with van der Waals surface area (Å²) in [5.74, 6) is 0. The first-order valence-corrected chi connectivity index (χ1v) is 8.02. The Kier molecular flexibility index (Phi) is 5.61. The fraction of sp³-hybridized carbons (Fsp3) is 0.812. The van der Waals surface area contributed by atoms with Crippen LogP contribution in [0.2, 0.25) is 0 Å². The highest BCUT2D eigenvalue weighted by Crippen LogP contribution is 2.18. The van der Waals surface area contributed by atoms with Crippen molar-refractivity contribution in [3.63, 3.8) is 0 Å². The number of nitrogens with zero attached hydrogens (tertiary/aromatic N) is 4. The predicted molar refractivity (Wildman–Crippen MR) is 83.9 cm³/mol. The molecule has 1 aliphatic rings. The third-order valence-electron chi connectivity index (χ3n) is 4.55. The van der Waals surface area contributed by atoms with Crippen LogP contribution in [0.25, 0.3) is 0 Å². The number of likely N-dealkylation sites (tertiary alicyclic amines) is 1. The summed E-state index contributed by atoms with van der Waals surface area (Å²) < 4.78 is 2.15. The third kappa shape index (κ3) is 3.83. The van der Waals surface area contributed by atoms with Gasteiger partial charge in [-0.25, -0.2) is 0 Å². The minimum Gasteiger partial charge on any atom is -0.306 e. The highest BCUT2D eigenvalue weighted by molar-refractivity contribution is 5.16. The second-order valence-corrected chi connectivity index (χ2v) is 6.30. The molecule has 1 fully saturated rings. The van der Waals surface area contributed by atoms with E-state index in [0.29, 0.717) is 0 Å². The first-order chi connectivity index (χ1) is 9.61. The lowest BCUT2D eigenvalue weighted by atomic mass is 10.1. The smallest absolute Gasteiger partial charge is 0.0537 e. The fourth-order valence-corrected chi connectivity index (χ4v) is 3.13. The molecule has 0 unspecified atom stereocenters. The van der Waals surface area contributed by atoms with E-state index in [-0.39, 0.29) is 0 Å². The lowest BCUT2D eigenvalue weighted by Crippen LogP contribution is -2.30. The van der Waals surface area contributed by atoms with Crippen molar-refractivity contribution in [1.82, 2.24) is 19.6 Å². The van der Waals surface area contributed by atoms with Gasteiger partial charge < -0.3 is 4.90 Å². The summed E-state index contributed by atoms with van der Waals surface area (Å²) in [6.07, 6.45) is 7.15. The molecule has 0 N–H and O–H groups in total. The molecule has 0 amide bonds. The van der Waals surface area contributed by atoms with Gasteiger partial charge in [0, 0.05) is 30.4 Å². The Morgan fingerprint density at radius 2 is 2.10 bits per heavy atom. The van der Waals surface area contributed by atoms with E-state index in [4.69, 9.17) is 0 Å².